The molecule has 120 valence electrons. The maximum absolute atomic E-state index is 10.7. The number of hydrogen-bond donors (Lipinski definition) is 0. The van der Waals surface area contributed by atoms with Crippen molar-refractivity contribution in [2.75, 3.05) is 0 Å². The van der Waals surface area contributed by atoms with Crippen molar-refractivity contribution in [3.05, 3.63) is 72.8 Å². The Bertz CT molecular complexity index is 497. The van der Waals surface area contributed by atoms with Crippen LogP contribution in [0.15, 0.2) is 12.2 Å². The van der Waals surface area contributed by atoms with Gasteiger partial charge in [-0.05, 0) is 0 Å². The van der Waals surface area contributed by atoms with Crippen molar-refractivity contribution in [3.63, 3.8) is 0 Å². The average molecular weight is 326 g/mol. The van der Waals surface area contributed by atoms with E-state index in [1.165, 1.54) is 0 Å². The third kappa shape index (κ3) is 1.90. The number of nitro groups is 6. The molecule has 0 aliphatic heterocycles. The van der Waals surface area contributed by atoms with E-state index >= 15 is 0 Å². The Balaban J connectivity index is 6.96. The molecule has 0 rings (SSSR count). The number of rotatable bonds is 8. The first kappa shape index (κ1) is 18.1. The molecule has 0 atom stereocenters. The Hall–Kier alpha value is -3.86. The van der Waals surface area contributed by atoms with Gasteiger partial charge in [0, 0.05) is 0 Å². The van der Waals surface area contributed by atoms with Gasteiger partial charge in [-0.2, -0.15) is 0 Å². The minimum Gasteiger partial charge on any atom is -0.252 e. The lowest BCUT2D eigenvalue weighted by Gasteiger charge is -2.12. The van der Waals surface area contributed by atoms with E-state index in [1.54, 1.807) is 0 Å². The smallest absolute Gasteiger partial charge is 0.252 e. The zero-order chi connectivity index (χ0) is 18.0. The van der Waals surface area contributed by atoms with Gasteiger partial charge in [-0.1, -0.05) is 6.58 Å². The predicted octanol–water partition coefficient (Wildman–Crippen LogP) is -1.49. The van der Waals surface area contributed by atoms with Gasteiger partial charge >= 0.3 is 17.1 Å². The molecule has 0 fully saturated rings. The molecule has 0 amide bonds. The summed E-state index contributed by atoms with van der Waals surface area (Å²) >= 11 is 0. The summed E-state index contributed by atoms with van der Waals surface area (Å²) in [6.07, 6.45) is 0. The van der Waals surface area contributed by atoms with Crippen molar-refractivity contribution in [3.8, 4) is 0 Å². The summed E-state index contributed by atoms with van der Waals surface area (Å²) in [6, 6.07) is 0. The second-order valence-electron chi connectivity index (χ2n) is 3.29. The van der Waals surface area contributed by atoms with Gasteiger partial charge in [0.25, 0.3) is 0 Å². The van der Waals surface area contributed by atoms with Gasteiger partial charge in [0.2, 0.25) is 0 Å². The Morgan fingerprint density at radius 1 is 0.545 bits per heavy atom. The molecule has 0 saturated heterocycles. The minimum atomic E-state index is -4.97. The minimum absolute atomic E-state index is 2.18. The van der Waals surface area contributed by atoms with Crippen LogP contribution in [0.1, 0.15) is 0 Å². The van der Waals surface area contributed by atoms with E-state index in [-0.39, 0.29) is 0 Å². The summed E-state index contributed by atoms with van der Waals surface area (Å²) in [5, 5.41) is 63.9. The van der Waals surface area contributed by atoms with Crippen molar-refractivity contribution in [1.29, 1.82) is 0 Å². The maximum Gasteiger partial charge on any atom is 0.747 e. The Kier molecular flexibility index (Phi) is 4.34. The monoisotopic (exact) mass is 326 g/mol. The standard InChI is InChI=1S/C4H2N6O12/c1-2(3(5(11)12,6(13)14)7(15)16)4(8(17)18,9(19)20)10(21)22/h1H2. The molecule has 0 spiro atoms. The van der Waals surface area contributed by atoms with Gasteiger partial charge in [-0.3, -0.25) is 60.7 Å². The highest BCUT2D eigenvalue weighted by Gasteiger charge is 2.93. The number of hydrogen-bond acceptors (Lipinski definition) is 12. The van der Waals surface area contributed by atoms with Crippen LogP contribution in [0.2, 0.25) is 0 Å². The SMILES string of the molecule is C=C(C([N+](=O)[O-])([N+](=O)[O-])[N+](=O)[O-])C([N+](=O)[O-])([N+](=O)[O-])[N+](=O)[O-]. The van der Waals surface area contributed by atoms with Crippen LogP contribution >= 0.6 is 0 Å². The molecule has 0 heterocycles. The van der Waals surface area contributed by atoms with Crippen LogP contribution < -0.4 is 0 Å². The Labute approximate surface area is 115 Å². The highest BCUT2D eigenvalue weighted by Crippen LogP contribution is 2.33. The van der Waals surface area contributed by atoms with E-state index in [4.69, 9.17) is 0 Å². The van der Waals surface area contributed by atoms with Crippen molar-refractivity contribution in [1.82, 2.24) is 0 Å². The first-order chi connectivity index (χ1) is 9.81. The molecule has 0 aliphatic rings. The summed E-state index contributed by atoms with van der Waals surface area (Å²) in [5.74, 6) is -9.93. The molecule has 0 N–H and O–H groups in total. The molecule has 18 heteroatoms. The van der Waals surface area contributed by atoms with Crippen LogP contribution in [-0.2, 0) is 0 Å². The summed E-state index contributed by atoms with van der Waals surface area (Å²) in [4.78, 5) is 49.7. The van der Waals surface area contributed by atoms with Crippen molar-refractivity contribution >= 4 is 0 Å². The summed E-state index contributed by atoms with van der Waals surface area (Å²) < 4.78 is 0. The van der Waals surface area contributed by atoms with Crippen molar-refractivity contribution in [2.45, 2.75) is 11.6 Å². The summed E-state index contributed by atoms with van der Waals surface area (Å²) in [6.45, 7) is 2.18. The third-order valence-corrected chi connectivity index (χ3v) is 2.34. The molecule has 0 aromatic rings. The van der Waals surface area contributed by atoms with Gasteiger partial charge in [0.1, 0.15) is 0 Å². The van der Waals surface area contributed by atoms with Gasteiger partial charge in [-0.15, -0.1) is 0 Å². The molecule has 18 nitrogen and oxygen atoms in total. The fourth-order valence-corrected chi connectivity index (χ4v) is 1.29. The zero-order valence-corrected chi connectivity index (χ0v) is 9.79. The molecule has 0 aromatic carbocycles. The largest absolute Gasteiger partial charge is 0.747 e. The fourth-order valence-electron chi connectivity index (χ4n) is 1.29. The Morgan fingerprint density at radius 3 is 0.773 bits per heavy atom. The molecule has 0 aromatic heterocycles. The molecular weight excluding hydrogens is 324 g/mol. The van der Waals surface area contributed by atoms with Gasteiger partial charge in [0.05, 0.1) is 0 Å². The van der Waals surface area contributed by atoms with Crippen LogP contribution in [0.25, 0.3) is 0 Å². The van der Waals surface area contributed by atoms with Crippen LogP contribution in [0.5, 0.6) is 0 Å². The van der Waals surface area contributed by atoms with Crippen molar-refractivity contribution in [2.24, 2.45) is 0 Å². The predicted molar refractivity (Wildman–Crippen MR) is 56.6 cm³/mol. The molecule has 0 bridgehead atoms. The fraction of sp³-hybridized carbons (Fsp3) is 0.500. The zero-order valence-electron chi connectivity index (χ0n) is 9.79. The second kappa shape index (κ2) is 5.26. The van der Waals surface area contributed by atoms with E-state index in [2.05, 4.69) is 6.58 Å². The highest BCUT2D eigenvalue weighted by molar-refractivity contribution is 5.09. The van der Waals surface area contributed by atoms with Crippen LogP contribution in [0.4, 0.5) is 0 Å². The first-order valence-electron chi connectivity index (χ1n) is 4.39. The van der Waals surface area contributed by atoms with Crippen molar-refractivity contribution < 1.29 is 29.5 Å². The molecule has 0 radical (unpaired) electrons. The summed E-state index contributed by atoms with van der Waals surface area (Å²) in [7, 11) is 0. The van der Waals surface area contributed by atoms with E-state index in [0.29, 0.717) is 0 Å². The normalized spacial score (nSPS) is 11.3. The average Bonchev–Trinajstić information content (AvgIpc) is 2.26. The van der Waals surface area contributed by atoms with Crippen LogP contribution in [-0.4, -0.2) is 41.1 Å². The Morgan fingerprint density at radius 2 is 0.682 bits per heavy atom. The van der Waals surface area contributed by atoms with Gasteiger partial charge < -0.3 is 0 Å². The van der Waals surface area contributed by atoms with E-state index < -0.39 is 46.7 Å². The molecule has 0 unspecified atom stereocenters. The molecular formula is C4H2N6O12. The van der Waals surface area contributed by atoms with E-state index in [1.807, 2.05) is 0 Å². The van der Waals surface area contributed by atoms with Crippen LogP contribution in [0.3, 0.4) is 0 Å². The topological polar surface area (TPSA) is 259 Å². The third-order valence-electron chi connectivity index (χ3n) is 2.34. The lowest BCUT2D eigenvalue weighted by Crippen LogP contribution is -2.66. The van der Waals surface area contributed by atoms with E-state index in [0.717, 1.165) is 0 Å². The maximum atomic E-state index is 10.7. The molecule has 0 saturated carbocycles. The number of nitrogens with zero attached hydrogens (tertiary/aromatic N) is 6. The molecule has 0 aliphatic carbocycles. The van der Waals surface area contributed by atoms with Gasteiger partial charge in [0.15, 0.2) is 29.5 Å². The molecule has 22 heavy (non-hydrogen) atoms. The lowest BCUT2D eigenvalue weighted by atomic mass is 10.0. The van der Waals surface area contributed by atoms with E-state index in [9.17, 15) is 60.7 Å². The summed E-state index contributed by atoms with van der Waals surface area (Å²) in [5.41, 5.74) is -2.68. The van der Waals surface area contributed by atoms with Crippen LogP contribution in [0, 0.1) is 60.7 Å². The highest BCUT2D eigenvalue weighted by atomic mass is 16.8. The first-order valence-corrected chi connectivity index (χ1v) is 4.39. The van der Waals surface area contributed by atoms with Gasteiger partial charge in [-0.25, -0.2) is 0 Å². The quantitative estimate of drug-likeness (QED) is 0.213. The second-order valence-corrected chi connectivity index (χ2v) is 3.29. The lowest BCUT2D eigenvalue weighted by molar-refractivity contribution is -0.997.